The van der Waals surface area contributed by atoms with Gasteiger partial charge in [0.05, 0.1) is 0 Å². The van der Waals surface area contributed by atoms with Gasteiger partial charge >= 0.3 is 10.1 Å². The fourth-order valence-electron chi connectivity index (χ4n) is 1.07. The van der Waals surface area contributed by atoms with Crippen LogP contribution in [0.3, 0.4) is 0 Å². The monoisotopic (exact) mass is 246 g/mol. The SMILES string of the molecule is O=C(CCc1ccccc1)S(=O)(=O)OP. The van der Waals surface area contributed by atoms with Gasteiger partial charge in [0.25, 0.3) is 5.12 Å². The molecule has 0 aliphatic rings. The number of carbonyl (C=O) groups excluding carboxylic acids is 1. The quantitative estimate of drug-likeness (QED) is 0.751. The molecule has 0 radical (unpaired) electrons. The van der Waals surface area contributed by atoms with Crippen LogP contribution in [-0.2, 0) is 25.3 Å². The van der Waals surface area contributed by atoms with Gasteiger partial charge in [0, 0.05) is 15.9 Å². The van der Waals surface area contributed by atoms with Crippen molar-refractivity contribution in [2.75, 3.05) is 0 Å². The van der Waals surface area contributed by atoms with Crippen LogP contribution in [0.25, 0.3) is 0 Å². The molecule has 0 aliphatic heterocycles. The van der Waals surface area contributed by atoms with Gasteiger partial charge in [-0.3, -0.25) is 4.79 Å². The Morgan fingerprint density at radius 1 is 1.27 bits per heavy atom. The normalized spacial score (nSPS) is 11.3. The molecule has 4 nitrogen and oxygen atoms in total. The highest BCUT2D eigenvalue weighted by Crippen LogP contribution is 2.08. The number of hydrogen-bond acceptors (Lipinski definition) is 4. The molecule has 0 aliphatic carbocycles. The zero-order valence-electron chi connectivity index (χ0n) is 7.92. The van der Waals surface area contributed by atoms with E-state index in [1.807, 2.05) is 30.3 Å². The summed E-state index contributed by atoms with van der Waals surface area (Å²) in [5.41, 5.74) is 0.921. The molecular weight excluding hydrogens is 235 g/mol. The topological polar surface area (TPSA) is 60.4 Å². The predicted molar refractivity (Wildman–Crippen MR) is 59.5 cm³/mol. The van der Waals surface area contributed by atoms with Gasteiger partial charge in [-0.2, -0.15) is 8.42 Å². The number of hydrogen-bond donors (Lipinski definition) is 0. The van der Waals surface area contributed by atoms with Crippen LogP contribution in [0, 0.1) is 0 Å². The minimum absolute atomic E-state index is 0.0687. The van der Waals surface area contributed by atoms with Gasteiger partial charge in [-0.15, -0.1) is 0 Å². The summed E-state index contributed by atoms with van der Waals surface area (Å²) in [5, 5.41) is -0.902. The van der Waals surface area contributed by atoms with E-state index in [2.05, 4.69) is 3.97 Å². The summed E-state index contributed by atoms with van der Waals surface area (Å²) in [4.78, 5) is 11.1. The van der Waals surface area contributed by atoms with Crippen LogP contribution < -0.4 is 0 Å². The Bertz CT molecular complexity index is 427. The van der Waals surface area contributed by atoms with Gasteiger partial charge in [-0.1, -0.05) is 30.3 Å². The molecule has 0 N–H and O–H groups in total. The summed E-state index contributed by atoms with van der Waals surface area (Å²) in [7, 11) is -2.48. The van der Waals surface area contributed by atoms with Gasteiger partial charge < -0.3 is 0 Å². The highest BCUT2D eigenvalue weighted by atomic mass is 32.2. The maximum atomic E-state index is 11.1. The lowest BCUT2D eigenvalue weighted by Gasteiger charge is -2.00. The third kappa shape index (κ3) is 3.70. The molecule has 1 aromatic carbocycles. The average molecular weight is 246 g/mol. The zero-order chi connectivity index (χ0) is 11.3. The molecule has 0 saturated carbocycles. The maximum absolute atomic E-state index is 11.1. The van der Waals surface area contributed by atoms with Crippen molar-refractivity contribution in [3.63, 3.8) is 0 Å². The van der Waals surface area contributed by atoms with Crippen LogP contribution in [0.15, 0.2) is 30.3 Å². The number of benzene rings is 1. The van der Waals surface area contributed by atoms with Crippen molar-refractivity contribution in [2.45, 2.75) is 12.8 Å². The molecule has 6 heteroatoms. The molecule has 82 valence electrons. The summed E-state index contributed by atoms with van der Waals surface area (Å²) in [6.45, 7) is 0. The van der Waals surface area contributed by atoms with Gasteiger partial charge in [0.1, 0.15) is 0 Å². The highest BCUT2D eigenvalue weighted by molar-refractivity contribution is 8.03. The van der Waals surface area contributed by atoms with Crippen molar-refractivity contribution in [1.29, 1.82) is 0 Å². The lowest BCUT2D eigenvalue weighted by Crippen LogP contribution is -2.14. The molecule has 1 unspecified atom stereocenters. The Balaban J connectivity index is 2.56. The fourth-order valence-corrected chi connectivity index (χ4v) is 1.85. The Morgan fingerprint density at radius 2 is 1.87 bits per heavy atom. The molecule has 15 heavy (non-hydrogen) atoms. The second-order valence-corrected chi connectivity index (χ2v) is 5.04. The number of aryl methyl sites for hydroxylation is 1. The first-order valence-corrected chi connectivity index (χ1v) is 6.14. The molecule has 0 amide bonds. The fraction of sp³-hybridized carbons (Fsp3) is 0.222. The molecule has 1 atom stereocenters. The first kappa shape index (κ1) is 12.3. The van der Waals surface area contributed by atoms with Crippen molar-refractivity contribution in [2.24, 2.45) is 0 Å². The first-order chi connectivity index (χ1) is 7.06. The molecule has 0 fully saturated rings. The van der Waals surface area contributed by atoms with Crippen molar-refractivity contribution in [1.82, 2.24) is 0 Å². The van der Waals surface area contributed by atoms with Crippen molar-refractivity contribution >= 4 is 24.7 Å². The Morgan fingerprint density at radius 3 is 2.40 bits per heavy atom. The van der Waals surface area contributed by atoms with Crippen molar-refractivity contribution < 1.29 is 17.2 Å². The zero-order valence-corrected chi connectivity index (χ0v) is 9.89. The van der Waals surface area contributed by atoms with Crippen LogP contribution in [0.4, 0.5) is 0 Å². The molecule has 1 aromatic rings. The number of rotatable bonds is 4. The minimum Gasteiger partial charge on any atom is -0.279 e. The molecule has 1 rings (SSSR count). The van der Waals surface area contributed by atoms with Crippen molar-refractivity contribution in [3.05, 3.63) is 35.9 Å². The predicted octanol–water partition coefficient (Wildman–Crippen LogP) is 1.28. The van der Waals surface area contributed by atoms with Gasteiger partial charge in [0.15, 0.2) is 0 Å². The molecule has 0 spiro atoms. The lowest BCUT2D eigenvalue weighted by atomic mass is 10.1. The van der Waals surface area contributed by atoms with Crippen LogP contribution in [0.5, 0.6) is 0 Å². The third-order valence-electron chi connectivity index (χ3n) is 1.87. The van der Waals surface area contributed by atoms with Gasteiger partial charge in [-0.25, -0.2) is 3.97 Å². The summed E-state index contributed by atoms with van der Waals surface area (Å²) < 4.78 is 25.9. The van der Waals surface area contributed by atoms with Crippen molar-refractivity contribution in [3.8, 4) is 0 Å². The minimum atomic E-state index is -4.04. The van der Waals surface area contributed by atoms with Gasteiger partial charge in [0.2, 0.25) is 0 Å². The van der Waals surface area contributed by atoms with E-state index in [1.54, 1.807) is 9.47 Å². The number of carbonyl (C=O) groups is 1. The molecular formula is C9H11O4PS. The summed E-state index contributed by atoms with van der Waals surface area (Å²) in [5.74, 6) is 0. The summed E-state index contributed by atoms with van der Waals surface area (Å²) >= 11 is 0. The van der Waals surface area contributed by atoms with E-state index in [-0.39, 0.29) is 6.42 Å². The van der Waals surface area contributed by atoms with E-state index < -0.39 is 15.2 Å². The first-order valence-electron chi connectivity index (χ1n) is 4.26. The Hall–Kier alpha value is -0.770. The highest BCUT2D eigenvalue weighted by Gasteiger charge is 2.20. The van der Waals surface area contributed by atoms with Crippen LogP contribution in [0.2, 0.25) is 0 Å². The van der Waals surface area contributed by atoms with E-state index in [4.69, 9.17) is 0 Å². The second kappa shape index (κ2) is 5.35. The molecule has 0 aromatic heterocycles. The standard InChI is InChI=1S/C9H11O4PS/c10-9(15(11,12)13-14)7-6-8-4-2-1-3-5-8/h1-5H,6-7,14H2. The molecule has 0 bridgehead atoms. The second-order valence-electron chi connectivity index (χ2n) is 2.91. The van der Waals surface area contributed by atoms with Crippen LogP contribution >= 0.6 is 9.47 Å². The lowest BCUT2D eigenvalue weighted by molar-refractivity contribution is -0.112. The van der Waals surface area contributed by atoms with E-state index in [9.17, 15) is 13.2 Å². The Labute approximate surface area is 91.1 Å². The van der Waals surface area contributed by atoms with E-state index in [1.165, 1.54) is 0 Å². The van der Waals surface area contributed by atoms with Crippen LogP contribution in [0.1, 0.15) is 12.0 Å². The van der Waals surface area contributed by atoms with Gasteiger partial charge in [-0.05, 0) is 12.0 Å². The van der Waals surface area contributed by atoms with E-state index >= 15 is 0 Å². The smallest absolute Gasteiger partial charge is 0.279 e. The van der Waals surface area contributed by atoms with E-state index in [0.29, 0.717) is 6.42 Å². The summed E-state index contributed by atoms with van der Waals surface area (Å²) in [6, 6.07) is 9.19. The van der Waals surface area contributed by atoms with Crippen LogP contribution in [-0.4, -0.2) is 13.5 Å². The molecule has 0 heterocycles. The largest absolute Gasteiger partial charge is 0.333 e. The maximum Gasteiger partial charge on any atom is 0.333 e. The Kier molecular flexibility index (Phi) is 4.39. The third-order valence-corrected chi connectivity index (χ3v) is 3.64. The molecule has 0 saturated heterocycles. The summed E-state index contributed by atoms with van der Waals surface area (Å²) in [6.07, 6.45) is 0.327. The average Bonchev–Trinajstić information content (AvgIpc) is 2.27. The van der Waals surface area contributed by atoms with E-state index in [0.717, 1.165) is 5.56 Å².